The van der Waals surface area contributed by atoms with Gasteiger partial charge in [0.15, 0.2) is 0 Å². The molecule has 0 bridgehead atoms. The molecule has 1 N–H and O–H groups in total. The first-order valence-electron chi connectivity index (χ1n) is 9.80. The van der Waals surface area contributed by atoms with E-state index in [9.17, 15) is 0 Å². The average molecular weight is 361 g/mol. The predicted molar refractivity (Wildman–Crippen MR) is 119 cm³/mol. The molecular weight excluding hydrogens is 338 g/mol. The van der Waals surface area contributed by atoms with Crippen molar-refractivity contribution in [3.63, 3.8) is 0 Å². The molecule has 1 nitrogen and oxygen atoms in total. The van der Waals surface area contributed by atoms with Crippen LogP contribution in [0.4, 0.5) is 0 Å². The Kier molecular flexibility index (Phi) is 3.84. The van der Waals surface area contributed by atoms with Crippen LogP contribution >= 0.6 is 0 Å². The third-order valence-electron chi connectivity index (χ3n) is 6.03. The number of aromatic amines is 1. The van der Waals surface area contributed by atoms with E-state index in [1.807, 2.05) is 0 Å². The van der Waals surface area contributed by atoms with Gasteiger partial charge in [-0.15, -0.1) is 0 Å². The maximum Gasteiger partial charge on any atom is 0.0465 e. The number of hydrogen-bond acceptors (Lipinski definition) is 0. The van der Waals surface area contributed by atoms with E-state index in [0.29, 0.717) is 0 Å². The van der Waals surface area contributed by atoms with Gasteiger partial charge < -0.3 is 4.98 Å². The minimum atomic E-state index is -0.218. The minimum Gasteiger partial charge on any atom is -0.355 e. The largest absolute Gasteiger partial charge is 0.355 e. The molecule has 0 spiro atoms. The van der Waals surface area contributed by atoms with Crippen LogP contribution < -0.4 is 0 Å². The fourth-order valence-corrected chi connectivity index (χ4v) is 4.37. The number of benzene rings is 4. The van der Waals surface area contributed by atoms with E-state index in [4.69, 9.17) is 0 Å². The van der Waals surface area contributed by atoms with Gasteiger partial charge in [0.05, 0.1) is 0 Å². The molecule has 0 saturated carbocycles. The molecule has 5 aromatic rings. The topological polar surface area (TPSA) is 15.8 Å². The van der Waals surface area contributed by atoms with Crippen molar-refractivity contribution in [3.8, 4) is 0 Å². The molecule has 1 heteroatoms. The van der Waals surface area contributed by atoms with Crippen molar-refractivity contribution in [1.29, 1.82) is 0 Å². The molecule has 1 aromatic heterocycles. The van der Waals surface area contributed by atoms with Gasteiger partial charge in [-0.25, -0.2) is 0 Å². The van der Waals surface area contributed by atoms with Crippen LogP contribution in [0.3, 0.4) is 0 Å². The number of nitrogens with one attached hydrogen (secondary N) is 1. The Morgan fingerprint density at radius 1 is 0.571 bits per heavy atom. The van der Waals surface area contributed by atoms with Crippen molar-refractivity contribution >= 4 is 21.8 Å². The lowest BCUT2D eigenvalue weighted by Gasteiger charge is -2.32. The average Bonchev–Trinajstić information content (AvgIpc) is 3.11. The van der Waals surface area contributed by atoms with Crippen LogP contribution in [0.2, 0.25) is 0 Å². The lowest BCUT2D eigenvalue weighted by Crippen LogP contribution is -2.25. The number of rotatable bonds is 3. The zero-order chi connectivity index (χ0) is 19.1. The molecular formula is C27H23N. The van der Waals surface area contributed by atoms with E-state index >= 15 is 0 Å². The molecule has 0 aliphatic heterocycles. The van der Waals surface area contributed by atoms with Crippen LogP contribution in [-0.4, -0.2) is 4.98 Å². The van der Waals surface area contributed by atoms with Crippen molar-refractivity contribution in [2.75, 3.05) is 0 Å². The summed E-state index contributed by atoms with van der Waals surface area (Å²) in [5.74, 6) is 0. The van der Waals surface area contributed by atoms with E-state index < -0.39 is 0 Å². The summed E-state index contributed by atoms with van der Waals surface area (Å²) in [5, 5.41) is 2.58. The van der Waals surface area contributed by atoms with Crippen molar-refractivity contribution in [2.24, 2.45) is 0 Å². The summed E-state index contributed by atoms with van der Waals surface area (Å²) >= 11 is 0. The van der Waals surface area contributed by atoms with Crippen LogP contribution in [0, 0.1) is 6.92 Å². The second kappa shape index (κ2) is 6.38. The minimum absolute atomic E-state index is 0.218. The van der Waals surface area contributed by atoms with E-state index in [-0.39, 0.29) is 5.41 Å². The summed E-state index contributed by atoms with van der Waals surface area (Å²) in [5.41, 5.74) is 7.36. The molecule has 0 saturated heterocycles. The van der Waals surface area contributed by atoms with E-state index in [0.717, 1.165) is 0 Å². The molecule has 4 aromatic carbocycles. The Morgan fingerprint density at radius 3 is 1.71 bits per heavy atom. The summed E-state index contributed by atoms with van der Waals surface area (Å²) < 4.78 is 0. The van der Waals surface area contributed by atoms with Crippen LogP contribution in [0.5, 0.6) is 0 Å². The Hall–Kier alpha value is -3.32. The molecule has 136 valence electrons. The lowest BCUT2D eigenvalue weighted by atomic mass is 9.71. The second-order valence-electron chi connectivity index (χ2n) is 7.79. The standard InChI is InChI=1S/C27H23N/c1-19-13-15-25-23(17-19)24-18-22(14-16-26(24)28-25)27(2,20-9-5-3-6-10-20)21-11-7-4-8-12-21/h3-18,28H,1-2H3. The Morgan fingerprint density at radius 2 is 1.11 bits per heavy atom. The van der Waals surface area contributed by atoms with Crippen molar-refractivity contribution in [1.82, 2.24) is 4.98 Å². The van der Waals surface area contributed by atoms with Gasteiger partial charge in [0, 0.05) is 27.2 Å². The Bertz CT molecular complexity index is 1220. The van der Waals surface area contributed by atoms with Crippen LogP contribution in [0.25, 0.3) is 21.8 Å². The number of aromatic nitrogens is 1. The van der Waals surface area contributed by atoms with Gasteiger partial charge in [-0.2, -0.15) is 0 Å². The van der Waals surface area contributed by atoms with Gasteiger partial charge in [0.1, 0.15) is 0 Å². The zero-order valence-corrected chi connectivity index (χ0v) is 16.2. The molecule has 0 aliphatic rings. The van der Waals surface area contributed by atoms with Crippen LogP contribution in [0.15, 0.2) is 97.1 Å². The number of hydrogen-bond donors (Lipinski definition) is 1. The molecule has 0 amide bonds. The first kappa shape index (κ1) is 16.8. The molecule has 0 atom stereocenters. The first-order valence-corrected chi connectivity index (χ1v) is 9.80. The number of H-pyrrole nitrogens is 1. The molecule has 28 heavy (non-hydrogen) atoms. The van der Waals surface area contributed by atoms with E-state index in [1.54, 1.807) is 0 Å². The van der Waals surface area contributed by atoms with Crippen LogP contribution in [0.1, 0.15) is 29.2 Å². The summed E-state index contributed by atoms with van der Waals surface area (Å²) in [4.78, 5) is 3.56. The summed E-state index contributed by atoms with van der Waals surface area (Å²) in [6, 6.07) is 35.1. The molecule has 0 fully saturated rings. The maximum atomic E-state index is 3.56. The SMILES string of the molecule is Cc1ccc2[nH]c3ccc(C(C)(c4ccccc4)c4ccccc4)cc3c2c1. The highest BCUT2D eigenvalue weighted by molar-refractivity contribution is 6.07. The highest BCUT2D eigenvalue weighted by atomic mass is 14.7. The van der Waals surface area contributed by atoms with Gasteiger partial charge in [-0.3, -0.25) is 0 Å². The normalized spacial score (nSPS) is 11.9. The van der Waals surface area contributed by atoms with Gasteiger partial charge in [-0.05, 0) is 54.8 Å². The summed E-state index contributed by atoms with van der Waals surface area (Å²) in [7, 11) is 0. The smallest absolute Gasteiger partial charge is 0.0465 e. The van der Waals surface area contributed by atoms with Crippen molar-refractivity contribution < 1.29 is 0 Å². The Balaban J connectivity index is 1.81. The molecule has 5 rings (SSSR count). The molecule has 1 heterocycles. The third-order valence-corrected chi connectivity index (χ3v) is 6.03. The van der Waals surface area contributed by atoms with E-state index in [2.05, 4.69) is 116 Å². The quantitative estimate of drug-likeness (QED) is 0.334. The number of fused-ring (bicyclic) bond motifs is 3. The summed E-state index contributed by atoms with van der Waals surface area (Å²) in [6.45, 7) is 4.49. The lowest BCUT2D eigenvalue weighted by molar-refractivity contribution is 0.694. The van der Waals surface area contributed by atoms with Gasteiger partial charge >= 0.3 is 0 Å². The van der Waals surface area contributed by atoms with E-state index in [1.165, 1.54) is 44.1 Å². The first-order chi connectivity index (χ1) is 13.7. The monoisotopic (exact) mass is 361 g/mol. The number of aryl methyl sites for hydroxylation is 1. The fourth-order valence-electron chi connectivity index (χ4n) is 4.37. The highest BCUT2D eigenvalue weighted by Gasteiger charge is 2.31. The van der Waals surface area contributed by atoms with Crippen LogP contribution in [-0.2, 0) is 5.41 Å². The molecule has 0 unspecified atom stereocenters. The van der Waals surface area contributed by atoms with Crippen molar-refractivity contribution in [2.45, 2.75) is 19.3 Å². The molecule has 0 radical (unpaired) electrons. The van der Waals surface area contributed by atoms with Gasteiger partial charge in [0.2, 0.25) is 0 Å². The van der Waals surface area contributed by atoms with Crippen molar-refractivity contribution in [3.05, 3.63) is 119 Å². The second-order valence-corrected chi connectivity index (χ2v) is 7.79. The summed E-state index contributed by atoms with van der Waals surface area (Å²) in [6.07, 6.45) is 0. The fraction of sp³-hybridized carbons (Fsp3) is 0.111. The third kappa shape index (κ3) is 2.55. The zero-order valence-electron chi connectivity index (χ0n) is 16.2. The Labute approximate surface area is 165 Å². The highest BCUT2D eigenvalue weighted by Crippen LogP contribution is 2.40. The van der Waals surface area contributed by atoms with Gasteiger partial charge in [-0.1, -0.05) is 78.4 Å². The predicted octanol–water partition coefficient (Wildman–Crippen LogP) is 6.98. The molecule has 0 aliphatic carbocycles. The maximum absolute atomic E-state index is 3.56. The van der Waals surface area contributed by atoms with Gasteiger partial charge in [0.25, 0.3) is 0 Å².